The van der Waals surface area contributed by atoms with Crippen molar-refractivity contribution in [1.82, 2.24) is 4.98 Å². The lowest BCUT2D eigenvalue weighted by Crippen LogP contribution is -2.19. The van der Waals surface area contributed by atoms with Crippen LogP contribution >= 0.6 is 0 Å². The Morgan fingerprint density at radius 1 is 1.47 bits per heavy atom. The van der Waals surface area contributed by atoms with Crippen molar-refractivity contribution in [2.45, 2.75) is 26.7 Å². The van der Waals surface area contributed by atoms with Crippen LogP contribution in [-0.4, -0.2) is 21.8 Å². The SMILES string of the molecule is Cc1[nH]c2c(c1C(=O)O)C(=O)C[C@H](C)C2. The van der Waals surface area contributed by atoms with Crippen LogP contribution in [0.1, 0.15) is 45.4 Å². The summed E-state index contributed by atoms with van der Waals surface area (Å²) in [5.41, 5.74) is 1.92. The molecule has 80 valence electrons. The van der Waals surface area contributed by atoms with Crippen LogP contribution in [0.15, 0.2) is 0 Å². The number of ketones is 1. The Balaban J connectivity index is 2.61. The van der Waals surface area contributed by atoms with Gasteiger partial charge in [0.05, 0.1) is 11.1 Å². The van der Waals surface area contributed by atoms with E-state index in [1.54, 1.807) is 6.92 Å². The van der Waals surface area contributed by atoms with Gasteiger partial charge in [-0.1, -0.05) is 6.92 Å². The van der Waals surface area contributed by atoms with E-state index in [-0.39, 0.29) is 11.3 Å². The second kappa shape index (κ2) is 3.22. The molecule has 0 aromatic carbocycles. The number of carboxylic acid groups (broad SMARTS) is 1. The fraction of sp³-hybridized carbons (Fsp3) is 0.455. The first kappa shape index (κ1) is 9.96. The van der Waals surface area contributed by atoms with Gasteiger partial charge in [-0.2, -0.15) is 0 Å². The molecule has 0 amide bonds. The molecule has 0 bridgehead atoms. The first-order chi connectivity index (χ1) is 7.00. The molecule has 0 saturated heterocycles. The Hall–Kier alpha value is -1.58. The average molecular weight is 207 g/mol. The molecule has 1 aromatic rings. The van der Waals surface area contributed by atoms with E-state index in [2.05, 4.69) is 4.98 Å². The normalized spacial score (nSPS) is 20.1. The molecule has 0 unspecified atom stereocenters. The van der Waals surface area contributed by atoms with Gasteiger partial charge in [0, 0.05) is 17.8 Å². The van der Waals surface area contributed by atoms with Gasteiger partial charge >= 0.3 is 5.97 Å². The molecule has 15 heavy (non-hydrogen) atoms. The van der Waals surface area contributed by atoms with Gasteiger partial charge in [-0.3, -0.25) is 4.79 Å². The standard InChI is InChI=1S/C11H13NO3/c1-5-3-7-10(8(13)4-5)9(11(14)15)6(2)12-7/h5,12H,3-4H2,1-2H3,(H,14,15)/t5-/m1/s1. The number of fused-ring (bicyclic) bond motifs is 1. The maximum absolute atomic E-state index is 11.8. The van der Waals surface area contributed by atoms with Gasteiger partial charge in [-0.25, -0.2) is 4.79 Å². The molecule has 0 aliphatic heterocycles. The second-order valence-electron chi connectivity index (χ2n) is 4.22. The van der Waals surface area contributed by atoms with Crippen molar-refractivity contribution in [2.75, 3.05) is 0 Å². The predicted molar refractivity (Wildman–Crippen MR) is 54.3 cm³/mol. The van der Waals surface area contributed by atoms with Crippen molar-refractivity contribution in [2.24, 2.45) is 5.92 Å². The fourth-order valence-electron chi connectivity index (χ4n) is 2.26. The summed E-state index contributed by atoms with van der Waals surface area (Å²) in [7, 11) is 0. The molecule has 1 atom stereocenters. The number of aromatic nitrogens is 1. The zero-order chi connectivity index (χ0) is 11.2. The Kier molecular flexibility index (Phi) is 2.14. The molecule has 0 fully saturated rings. The van der Waals surface area contributed by atoms with E-state index in [0.29, 0.717) is 23.6 Å². The maximum Gasteiger partial charge on any atom is 0.338 e. The molecule has 2 rings (SSSR count). The highest BCUT2D eigenvalue weighted by atomic mass is 16.4. The van der Waals surface area contributed by atoms with Crippen LogP contribution < -0.4 is 0 Å². The van der Waals surface area contributed by atoms with Gasteiger partial charge < -0.3 is 10.1 Å². The number of carbonyl (C=O) groups excluding carboxylic acids is 1. The number of rotatable bonds is 1. The Labute approximate surface area is 87.3 Å². The maximum atomic E-state index is 11.8. The van der Waals surface area contributed by atoms with Crippen LogP contribution in [0.2, 0.25) is 0 Å². The molecule has 4 heteroatoms. The average Bonchev–Trinajstić information content (AvgIpc) is 2.40. The first-order valence-electron chi connectivity index (χ1n) is 4.98. The Morgan fingerprint density at radius 2 is 2.13 bits per heavy atom. The van der Waals surface area contributed by atoms with E-state index >= 15 is 0 Å². The summed E-state index contributed by atoms with van der Waals surface area (Å²) in [6.07, 6.45) is 1.21. The molecule has 2 N–H and O–H groups in total. The van der Waals surface area contributed by atoms with Gasteiger partial charge in [-0.15, -0.1) is 0 Å². The molecular weight excluding hydrogens is 194 g/mol. The predicted octanol–water partition coefficient (Wildman–Crippen LogP) is 1.79. The van der Waals surface area contributed by atoms with Gasteiger partial charge in [0.15, 0.2) is 5.78 Å². The van der Waals surface area contributed by atoms with Crippen LogP contribution in [0, 0.1) is 12.8 Å². The molecule has 1 aliphatic rings. The number of Topliss-reactive ketones (excluding diaryl/α,β-unsaturated/α-hetero) is 1. The van der Waals surface area contributed by atoms with Gasteiger partial charge in [0.1, 0.15) is 0 Å². The quantitative estimate of drug-likeness (QED) is 0.737. The molecule has 0 radical (unpaired) electrons. The van der Waals surface area contributed by atoms with Crippen molar-refractivity contribution in [3.8, 4) is 0 Å². The van der Waals surface area contributed by atoms with Gasteiger partial charge in [0.2, 0.25) is 0 Å². The minimum atomic E-state index is -1.02. The highest BCUT2D eigenvalue weighted by Gasteiger charge is 2.30. The Morgan fingerprint density at radius 3 is 2.73 bits per heavy atom. The summed E-state index contributed by atoms with van der Waals surface area (Å²) >= 11 is 0. The summed E-state index contributed by atoms with van der Waals surface area (Å²) < 4.78 is 0. The van der Waals surface area contributed by atoms with Crippen LogP contribution in [0.3, 0.4) is 0 Å². The number of H-pyrrole nitrogens is 1. The number of hydrogen-bond donors (Lipinski definition) is 2. The molecule has 1 heterocycles. The minimum Gasteiger partial charge on any atom is -0.478 e. The molecule has 0 saturated carbocycles. The number of hydrogen-bond acceptors (Lipinski definition) is 2. The van der Waals surface area contributed by atoms with E-state index in [4.69, 9.17) is 5.11 Å². The summed E-state index contributed by atoms with van der Waals surface area (Å²) in [6.45, 7) is 3.69. The van der Waals surface area contributed by atoms with Gasteiger partial charge in [-0.05, 0) is 19.3 Å². The third-order valence-electron chi connectivity index (χ3n) is 2.84. The molecule has 4 nitrogen and oxygen atoms in total. The molecule has 0 spiro atoms. The third kappa shape index (κ3) is 1.46. The van der Waals surface area contributed by atoms with E-state index < -0.39 is 5.97 Å². The Bertz CT molecular complexity index is 445. The summed E-state index contributed by atoms with van der Waals surface area (Å²) in [5.74, 6) is -0.775. The van der Waals surface area contributed by atoms with Crippen molar-refractivity contribution in [3.63, 3.8) is 0 Å². The highest BCUT2D eigenvalue weighted by molar-refractivity contribution is 6.08. The molecule has 1 aromatic heterocycles. The molecular formula is C11H13NO3. The van der Waals surface area contributed by atoms with E-state index in [1.807, 2.05) is 6.92 Å². The summed E-state index contributed by atoms with van der Waals surface area (Å²) in [5, 5.41) is 9.02. The van der Waals surface area contributed by atoms with Crippen LogP contribution in [0.5, 0.6) is 0 Å². The zero-order valence-electron chi connectivity index (χ0n) is 8.76. The number of nitrogens with one attached hydrogen (secondary N) is 1. The van der Waals surface area contributed by atoms with Crippen LogP contribution in [0.25, 0.3) is 0 Å². The number of aryl methyl sites for hydroxylation is 1. The van der Waals surface area contributed by atoms with E-state index in [1.165, 1.54) is 0 Å². The number of aromatic carboxylic acids is 1. The number of aromatic amines is 1. The largest absolute Gasteiger partial charge is 0.478 e. The third-order valence-corrected chi connectivity index (χ3v) is 2.84. The van der Waals surface area contributed by atoms with E-state index in [0.717, 1.165) is 12.1 Å². The van der Waals surface area contributed by atoms with Crippen molar-refractivity contribution in [3.05, 3.63) is 22.5 Å². The number of carboxylic acids is 1. The lowest BCUT2D eigenvalue weighted by atomic mass is 9.86. The fourth-order valence-corrected chi connectivity index (χ4v) is 2.26. The topological polar surface area (TPSA) is 70.2 Å². The molecule has 1 aliphatic carbocycles. The van der Waals surface area contributed by atoms with Crippen LogP contribution in [-0.2, 0) is 6.42 Å². The van der Waals surface area contributed by atoms with Crippen LogP contribution in [0.4, 0.5) is 0 Å². The monoisotopic (exact) mass is 207 g/mol. The minimum absolute atomic E-state index is 0.0505. The summed E-state index contributed by atoms with van der Waals surface area (Å²) in [6, 6.07) is 0. The second-order valence-corrected chi connectivity index (χ2v) is 4.22. The zero-order valence-corrected chi connectivity index (χ0v) is 8.76. The lowest BCUT2D eigenvalue weighted by molar-refractivity contribution is 0.0690. The first-order valence-corrected chi connectivity index (χ1v) is 4.98. The van der Waals surface area contributed by atoms with Crippen molar-refractivity contribution >= 4 is 11.8 Å². The highest BCUT2D eigenvalue weighted by Crippen LogP contribution is 2.29. The van der Waals surface area contributed by atoms with Gasteiger partial charge in [0.25, 0.3) is 0 Å². The summed E-state index contributed by atoms with van der Waals surface area (Å²) in [4.78, 5) is 25.8. The van der Waals surface area contributed by atoms with Crippen molar-refractivity contribution < 1.29 is 14.7 Å². The van der Waals surface area contributed by atoms with Crippen molar-refractivity contribution in [1.29, 1.82) is 0 Å². The van der Waals surface area contributed by atoms with E-state index in [9.17, 15) is 9.59 Å². The number of carbonyl (C=O) groups is 2. The smallest absolute Gasteiger partial charge is 0.338 e. The lowest BCUT2D eigenvalue weighted by Gasteiger charge is -2.17.